The third-order valence-corrected chi connectivity index (χ3v) is 2.27. The Morgan fingerprint density at radius 3 is 3.08 bits per heavy atom. The van der Waals surface area contributed by atoms with Crippen LogP contribution in [0.15, 0.2) is 0 Å². The number of carbonyl (C=O) groups excluding carboxylic acids is 1. The standard InChI is InChI=1S/C8H11IN2O/c1-10-7-3-2-6-11(7)8(12)4-5-9/h7,10H,2-3,6H2,1H3. The van der Waals surface area contributed by atoms with Gasteiger partial charge in [-0.05, 0) is 23.8 Å². The van der Waals surface area contributed by atoms with Crippen LogP contribution in [0.2, 0.25) is 0 Å². The van der Waals surface area contributed by atoms with Crippen LogP contribution in [0.25, 0.3) is 0 Å². The Balaban J connectivity index is 2.59. The number of amides is 1. The summed E-state index contributed by atoms with van der Waals surface area (Å²) in [5.41, 5.74) is 0. The van der Waals surface area contributed by atoms with Gasteiger partial charge in [0.05, 0.1) is 6.17 Å². The molecule has 1 heterocycles. The molecular weight excluding hydrogens is 267 g/mol. The molecule has 1 rings (SSSR count). The van der Waals surface area contributed by atoms with Crippen LogP contribution in [0.5, 0.6) is 0 Å². The molecule has 0 aliphatic carbocycles. The van der Waals surface area contributed by atoms with Crippen molar-refractivity contribution in [3.8, 4) is 9.85 Å². The number of hydrogen-bond donors (Lipinski definition) is 1. The van der Waals surface area contributed by atoms with E-state index in [0.717, 1.165) is 19.4 Å². The van der Waals surface area contributed by atoms with Crippen molar-refractivity contribution >= 4 is 28.5 Å². The maximum absolute atomic E-state index is 11.3. The molecule has 12 heavy (non-hydrogen) atoms. The average molecular weight is 278 g/mol. The minimum atomic E-state index is -0.0683. The minimum absolute atomic E-state index is 0.0683. The number of likely N-dealkylation sites (tertiary alicyclic amines) is 1. The Labute approximate surface area is 86.0 Å². The summed E-state index contributed by atoms with van der Waals surface area (Å²) >= 11 is 1.88. The molecule has 0 bridgehead atoms. The summed E-state index contributed by atoms with van der Waals surface area (Å²) in [6, 6.07) is 0. The van der Waals surface area contributed by atoms with Crippen LogP contribution in [0.4, 0.5) is 0 Å². The Morgan fingerprint density at radius 2 is 2.50 bits per heavy atom. The van der Waals surface area contributed by atoms with E-state index in [1.165, 1.54) is 0 Å². The van der Waals surface area contributed by atoms with E-state index in [9.17, 15) is 4.79 Å². The van der Waals surface area contributed by atoms with Gasteiger partial charge in [-0.25, -0.2) is 0 Å². The van der Waals surface area contributed by atoms with Gasteiger partial charge in [-0.15, -0.1) is 0 Å². The van der Waals surface area contributed by atoms with Crippen LogP contribution in [-0.2, 0) is 4.79 Å². The molecule has 3 nitrogen and oxygen atoms in total. The van der Waals surface area contributed by atoms with Crippen molar-refractivity contribution in [2.75, 3.05) is 13.6 Å². The zero-order valence-corrected chi connectivity index (χ0v) is 9.09. The number of nitrogens with zero attached hydrogens (tertiary/aromatic N) is 1. The molecule has 66 valence electrons. The first kappa shape index (κ1) is 9.81. The number of hydrogen-bond acceptors (Lipinski definition) is 2. The van der Waals surface area contributed by atoms with Crippen LogP contribution in [0, 0.1) is 9.85 Å². The zero-order chi connectivity index (χ0) is 8.97. The van der Waals surface area contributed by atoms with Gasteiger partial charge in [-0.2, -0.15) is 0 Å². The maximum Gasteiger partial charge on any atom is 0.300 e. The van der Waals surface area contributed by atoms with Gasteiger partial charge in [0.15, 0.2) is 0 Å². The van der Waals surface area contributed by atoms with Gasteiger partial charge in [-0.3, -0.25) is 4.79 Å². The fourth-order valence-electron chi connectivity index (χ4n) is 1.42. The highest BCUT2D eigenvalue weighted by Crippen LogP contribution is 2.13. The molecule has 1 aliphatic heterocycles. The van der Waals surface area contributed by atoms with E-state index < -0.39 is 0 Å². The van der Waals surface area contributed by atoms with Gasteiger partial charge >= 0.3 is 5.91 Å². The van der Waals surface area contributed by atoms with Crippen molar-refractivity contribution < 1.29 is 4.79 Å². The molecule has 1 amide bonds. The molecule has 0 radical (unpaired) electrons. The van der Waals surface area contributed by atoms with Crippen molar-refractivity contribution in [2.24, 2.45) is 0 Å². The second kappa shape index (κ2) is 4.67. The molecule has 0 spiro atoms. The lowest BCUT2D eigenvalue weighted by Gasteiger charge is -2.21. The van der Waals surface area contributed by atoms with E-state index in [1.54, 1.807) is 4.90 Å². The topological polar surface area (TPSA) is 32.3 Å². The fourth-order valence-corrected chi connectivity index (χ4v) is 1.65. The van der Waals surface area contributed by atoms with Crippen LogP contribution in [0.1, 0.15) is 12.8 Å². The number of halogens is 1. The predicted molar refractivity (Wildman–Crippen MR) is 55.6 cm³/mol. The Bertz CT molecular complexity index is 231. The summed E-state index contributed by atoms with van der Waals surface area (Å²) in [6.45, 7) is 0.829. The molecule has 1 atom stereocenters. The molecule has 0 saturated carbocycles. The summed E-state index contributed by atoms with van der Waals surface area (Å²) < 4.78 is 2.59. The van der Waals surface area contributed by atoms with Gasteiger partial charge in [0.25, 0.3) is 0 Å². The molecule has 1 unspecified atom stereocenters. The highest BCUT2D eigenvalue weighted by Gasteiger charge is 2.25. The molecule has 1 saturated heterocycles. The summed E-state index contributed by atoms with van der Waals surface area (Å²) in [7, 11) is 1.87. The van der Waals surface area contributed by atoms with E-state index in [4.69, 9.17) is 0 Å². The lowest BCUT2D eigenvalue weighted by atomic mass is 10.3. The number of nitrogens with one attached hydrogen (secondary N) is 1. The van der Waals surface area contributed by atoms with Crippen molar-refractivity contribution in [3.63, 3.8) is 0 Å². The van der Waals surface area contributed by atoms with Crippen molar-refractivity contribution in [3.05, 3.63) is 0 Å². The first-order valence-electron chi connectivity index (χ1n) is 3.89. The highest BCUT2D eigenvalue weighted by atomic mass is 127. The molecule has 0 aromatic heterocycles. The average Bonchev–Trinajstić information content (AvgIpc) is 2.51. The van der Waals surface area contributed by atoms with E-state index in [1.807, 2.05) is 29.6 Å². The molecule has 4 heteroatoms. The van der Waals surface area contributed by atoms with Gasteiger partial charge in [-0.1, -0.05) is 0 Å². The summed E-state index contributed by atoms with van der Waals surface area (Å²) in [4.78, 5) is 13.1. The van der Waals surface area contributed by atoms with Gasteiger partial charge in [0.2, 0.25) is 0 Å². The third kappa shape index (κ3) is 2.11. The lowest BCUT2D eigenvalue weighted by molar-refractivity contribution is -0.126. The SMILES string of the molecule is CNC1CCCN1C(=O)C#CI. The summed E-state index contributed by atoms with van der Waals surface area (Å²) in [6.07, 6.45) is 2.29. The van der Waals surface area contributed by atoms with E-state index in [-0.39, 0.29) is 12.1 Å². The van der Waals surface area contributed by atoms with E-state index in [0.29, 0.717) is 0 Å². The van der Waals surface area contributed by atoms with Crippen LogP contribution >= 0.6 is 22.6 Å². The Kier molecular flexibility index (Phi) is 3.82. The largest absolute Gasteiger partial charge is 0.316 e. The van der Waals surface area contributed by atoms with Crippen LogP contribution in [0.3, 0.4) is 0 Å². The molecule has 1 aliphatic rings. The normalized spacial score (nSPS) is 21.8. The van der Waals surface area contributed by atoms with E-state index >= 15 is 0 Å². The van der Waals surface area contributed by atoms with Gasteiger partial charge in [0, 0.05) is 35.1 Å². The van der Waals surface area contributed by atoms with Gasteiger partial charge in [0.1, 0.15) is 0 Å². The first-order valence-corrected chi connectivity index (χ1v) is 4.97. The van der Waals surface area contributed by atoms with Crippen molar-refractivity contribution in [1.82, 2.24) is 10.2 Å². The highest BCUT2D eigenvalue weighted by molar-refractivity contribution is 14.1. The second-order valence-corrected chi connectivity index (χ2v) is 3.20. The van der Waals surface area contributed by atoms with Crippen molar-refractivity contribution in [1.29, 1.82) is 0 Å². The van der Waals surface area contributed by atoms with Crippen LogP contribution < -0.4 is 5.32 Å². The predicted octanol–water partition coefficient (Wildman–Crippen LogP) is 0.550. The summed E-state index contributed by atoms with van der Waals surface area (Å²) in [5.74, 6) is 2.47. The summed E-state index contributed by atoms with van der Waals surface area (Å²) in [5, 5.41) is 3.09. The smallest absolute Gasteiger partial charge is 0.300 e. The van der Waals surface area contributed by atoms with Gasteiger partial charge < -0.3 is 10.2 Å². The van der Waals surface area contributed by atoms with Crippen LogP contribution in [-0.4, -0.2) is 30.6 Å². The van der Waals surface area contributed by atoms with E-state index in [2.05, 4.69) is 15.2 Å². The third-order valence-electron chi connectivity index (χ3n) is 2.00. The monoisotopic (exact) mass is 278 g/mol. The molecule has 1 N–H and O–H groups in total. The second-order valence-electron chi connectivity index (χ2n) is 2.66. The molecule has 0 aromatic rings. The maximum atomic E-state index is 11.3. The minimum Gasteiger partial charge on any atom is -0.316 e. The fraction of sp³-hybridized carbons (Fsp3) is 0.625. The Hall–Kier alpha value is -0.280. The molecule has 1 fully saturated rings. The molecule has 0 aromatic carbocycles. The molecular formula is C8H11IN2O. The number of rotatable bonds is 1. The van der Waals surface area contributed by atoms with Crippen molar-refractivity contribution in [2.45, 2.75) is 19.0 Å². The quantitative estimate of drug-likeness (QED) is 0.561. The Morgan fingerprint density at radius 1 is 1.75 bits per heavy atom. The lowest BCUT2D eigenvalue weighted by Crippen LogP contribution is -2.42. The first-order chi connectivity index (χ1) is 5.79. The zero-order valence-electron chi connectivity index (χ0n) is 6.93. The number of carbonyl (C=O) groups is 1.